The fourth-order valence-corrected chi connectivity index (χ4v) is 16.3. The summed E-state index contributed by atoms with van der Waals surface area (Å²) in [6.45, 7) is 9.55. The second-order valence-corrected chi connectivity index (χ2v) is 16.7. The Morgan fingerprint density at radius 1 is 0.600 bits per heavy atom. The Morgan fingerprint density at radius 2 is 1.10 bits per heavy atom. The van der Waals surface area contributed by atoms with Gasteiger partial charge >= 0.3 is 236 Å². The average Bonchev–Trinajstić information content (AvgIpc) is 3.44. The van der Waals surface area contributed by atoms with E-state index in [1.165, 1.54) is 39.0 Å². The molecule has 0 amide bonds. The van der Waals surface area contributed by atoms with Gasteiger partial charge in [-0.25, -0.2) is 0 Å². The normalized spacial score (nSPS) is 17.6. The van der Waals surface area contributed by atoms with Gasteiger partial charge in [0.15, 0.2) is 0 Å². The minimum atomic E-state index is -2.67. The van der Waals surface area contributed by atoms with E-state index in [0.29, 0.717) is 9.54 Å². The number of hydrogen-bond acceptors (Lipinski definition) is 0. The van der Waals surface area contributed by atoms with Crippen LogP contribution in [-0.2, 0) is 21.3 Å². The topological polar surface area (TPSA) is 0 Å². The molecule has 0 nitrogen and oxygen atoms in total. The monoisotopic (exact) mass is 640 g/mol. The van der Waals surface area contributed by atoms with E-state index in [0.717, 1.165) is 0 Å². The van der Waals surface area contributed by atoms with E-state index in [1.807, 2.05) is 0 Å². The van der Waals surface area contributed by atoms with Gasteiger partial charge in [0.05, 0.1) is 0 Å². The smallest absolute Gasteiger partial charge is 0.147 e. The molecule has 0 aromatic heterocycles. The Bertz CT molecular complexity index is 1590. The minimum Gasteiger partial charge on any atom is -0.147 e. The van der Waals surface area contributed by atoms with Crippen molar-refractivity contribution in [2.45, 2.75) is 31.3 Å². The van der Waals surface area contributed by atoms with Crippen molar-refractivity contribution in [2.75, 3.05) is 0 Å². The van der Waals surface area contributed by atoms with Crippen LogP contribution in [0.15, 0.2) is 141 Å². The van der Waals surface area contributed by atoms with Gasteiger partial charge in [-0.05, 0) is 0 Å². The molecule has 0 bridgehead atoms. The SMILES string of the molecule is CC1=C(C)C(C)[C]([Zr](=[C](c2ccccc2)c2ccccc2)[CH]2C=C(c3ccccc3)c3ccccc32)=C1C.Cl.Cl. The van der Waals surface area contributed by atoms with Crippen molar-refractivity contribution in [1.29, 1.82) is 0 Å². The Hall–Kier alpha value is -2.57. The Kier molecular flexibility index (Phi) is 9.84. The molecule has 6 rings (SSSR count). The van der Waals surface area contributed by atoms with Crippen LogP contribution < -0.4 is 0 Å². The van der Waals surface area contributed by atoms with Crippen LogP contribution in [0.5, 0.6) is 0 Å². The maximum atomic E-state index is 2.65. The van der Waals surface area contributed by atoms with Crippen molar-refractivity contribution in [3.63, 3.8) is 0 Å². The first kappa shape index (κ1) is 30.4. The summed E-state index contributed by atoms with van der Waals surface area (Å²) in [4.78, 5) is 0. The molecule has 2 unspecified atom stereocenters. The van der Waals surface area contributed by atoms with Gasteiger partial charge in [0.25, 0.3) is 0 Å². The summed E-state index contributed by atoms with van der Waals surface area (Å²) < 4.78 is 3.81. The van der Waals surface area contributed by atoms with Gasteiger partial charge in [-0.1, -0.05) is 0 Å². The van der Waals surface area contributed by atoms with E-state index in [9.17, 15) is 0 Å². The number of hydrogen-bond donors (Lipinski definition) is 0. The fourth-order valence-electron chi connectivity index (χ4n) is 6.41. The van der Waals surface area contributed by atoms with Crippen LogP contribution in [-0.4, -0.2) is 3.21 Å². The first-order valence-electron chi connectivity index (χ1n) is 13.7. The third kappa shape index (κ3) is 5.37. The van der Waals surface area contributed by atoms with E-state index < -0.39 is 21.3 Å². The van der Waals surface area contributed by atoms with Gasteiger partial charge in [-0.2, -0.15) is 0 Å². The molecule has 2 atom stereocenters. The summed E-state index contributed by atoms with van der Waals surface area (Å²) in [6.07, 6.45) is 2.65. The summed E-state index contributed by atoms with van der Waals surface area (Å²) in [7, 11) is 0. The van der Waals surface area contributed by atoms with Gasteiger partial charge in [-0.3, -0.25) is 0 Å². The van der Waals surface area contributed by atoms with Gasteiger partial charge in [0, 0.05) is 0 Å². The van der Waals surface area contributed by atoms with Crippen molar-refractivity contribution in [2.24, 2.45) is 5.92 Å². The Morgan fingerprint density at radius 3 is 1.62 bits per heavy atom. The van der Waals surface area contributed by atoms with E-state index in [-0.39, 0.29) is 24.8 Å². The first-order chi connectivity index (χ1) is 18.6. The van der Waals surface area contributed by atoms with Gasteiger partial charge < -0.3 is 0 Å². The standard InChI is InChI=1S/C15H11.C13H10.C9H13.2ClH.Zr/c1-2-6-12(7-3-1)15-11-10-13-8-4-5-9-14(13)15;1-3-7-12(8-4-1)11-13-9-5-2-6-10-13;1-6-5-7(2)9(4)8(6)3;;;/h1-11H;1-10H;6H,1-4H3;2*1H;. The molecule has 2 aliphatic rings. The molecule has 4 aromatic carbocycles. The molecule has 0 aliphatic heterocycles. The summed E-state index contributed by atoms with van der Waals surface area (Å²) in [5, 5.41) is 0. The Balaban J connectivity index is 0.00000185. The zero-order valence-corrected chi connectivity index (χ0v) is 27.6. The largest absolute Gasteiger partial charge is 0.147 e. The van der Waals surface area contributed by atoms with Gasteiger partial charge in [0.1, 0.15) is 0 Å². The van der Waals surface area contributed by atoms with Crippen molar-refractivity contribution in [3.8, 4) is 0 Å². The van der Waals surface area contributed by atoms with Crippen molar-refractivity contribution < 1.29 is 21.3 Å². The zero-order chi connectivity index (χ0) is 26.2. The third-order valence-corrected chi connectivity index (χ3v) is 17.5. The molecular weight excluding hydrogens is 607 g/mol. The molecule has 0 saturated heterocycles. The number of benzene rings is 4. The summed E-state index contributed by atoms with van der Waals surface area (Å²) in [5.41, 5.74) is 13.0. The number of fused-ring (bicyclic) bond motifs is 1. The van der Waals surface area contributed by atoms with Crippen LogP contribution in [0, 0.1) is 5.92 Å². The van der Waals surface area contributed by atoms with Crippen LogP contribution in [0.2, 0.25) is 0 Å². The second kappa shape index (κ2) is 12.9. The van der Waals surface area contributed by atoms with Gasteiger partial charge in [0.2, 0.25) is 0 Å². The van der Waals surface area contributed by atoms with Gasteiger partial charge in [-0.15, -0.1) is 24.8 Å². The average molecular weight is 643 g/mol. The molecule has 0 saturated carbocycles. The second-order valence-electron chi connectivity index (χ2n) is 10.6. The summed E-state index contributed by atoms with van der Waals surface area (Å²) in [6, 6.07) is 42.7. The first-order valence-corrected chi connectivity index (χ1v) is 17.5. The molecule has 3 heteroatoms. The van der Waals surface area contributed by atoms with E-state index >= 15 is 0 Å². The quantitative estimate of drug-likeness (QED) is 0.203. The molecule has 0 spiro atoms. The third-order valence-electron chi connectivity index (χ3n) is 8.64. The fraction of sp³-hybridized carbons (Fsp3) is 0.162. The van der Waals surface area contributed by atoms with E-state index in [4.69, 9.17) is 0 Å². The molecular formula is C37H36Cl2Zr. The van der Waals surface area contributed by atoms with Crippen LogP contribution in [0.3, 0.4) is 0 Å². The maximum Gasteiger partial charge on any atom is -0.147 e. The van der Waals surface area contributed by atoms with Crippen molar-refractivity contribution in [1.82, 2.24) is 0 Å². The summed E-state index contributed by atoms with van der Waals surface area (Å²) >= 11 is -2.67. The predicted molar refractivity (Wildman–Crippen MR) is 174 cm³/mol. The molecule has 2 aliphatic carbocycles. The van der Waals surface area contributed by atoms with Crippen molar-refractivity contribution in [3.05, 3.63) is 169 Å². The van der Waals surface area contributed by atoms with Crippen molar-refractivity contribution >= 4 is 33.6 Å². The molecule has 0 N–H and O–H groups in total. The molecule has 0 heterocycles. The number of rotatable bonds is 5. The molecule has 0 fully saturated rings. The number of allylic oxidation sites excluding steroid dienone is 5. The predicted octanol–water partition coefficient (Wildman–Crippen LogP) is 10.2. The van der Waals surface area contributed by atoms with E-state index in [2.05, 4.69) is 149 Å². The minimum absolute atomic E-state index is 0. The van der Waals surface area contributed by atoms with Crippen LogP contribution in [0.4, 0.5) is 0 Å². The molecule has 4 aromatic rings. The van der Waals surface area contributed by atoms with E-state index in [1.54, 1.807) is 17.6 Å². The van der Waals surface area contributed by atoms with Crippen LogP contribution >= 0.6 is 24.8 Å². The zero-order valence-electron chi connectivity index (χ0n) is 23.5. The number of halogens is 2. The molecule has 40 heavy (non-hydrogen) atoms. The summed E-state index contributed by atoms with van der Waals surface area (Å²) in [5.74, 6) is 0.494. The van der Waals surface area contributed by atoms with Crippen LogP contribution in [0.1, 0.15) is 59.1 Å². The Labute approximate surface area is 259 Å². The maximum absolute atomic E-state index is 2.67. The van der Waals surface area contributed by atoms with Crippen LogP contribution in [0.25, 0.3) is 5.57 Å². The molecule has 0 radical (unpaired) electrons. The molecule has 202 valence electrons.